The minimum atomic E-state index is -0.183. The Balaban J connectivity index is -0.0000000171. The van der Waals surface area contributed by atoms with Crippen LogP contribution in [0.1, 0.15) is 2.85 Å². The molecule has 0 rings (SSSR count). The van der Waals surface area contributed by atoms with Crippen LogP contribution in [0.4, 0.5) is 0 Å². The minimum Gasteiger partial charge on any atom is -1.00 e. The molecule has 0 nitrogen and oxygen atoms in total. The van der Waals surface area contributed by atoms with Gasteiger partial charge in [0.15, 0.2) is 0 Å². The number of halogens is 4. The van der Waals surface area contributed by atoms with Crippen molar-refractivity contribution in [2.24, 2.45) is 0 Å². The second kappa shape index (κ2) is 14.1. The van der Waals surface area contributed by atoms with E-state index < -0.39 is 0 Å². The number of rotatable bonds is 0. The molecule has 0 saturated heterocycles. The van der Waals surface area contributed by atoms with Crippen molar-refractivity contribution in [3.8, 4) is 0 Å². The van der Waals surface area contributed by atoms with E-state index in [2.05, 4.69) is 75.3 Å². The van der Waals surface area contributed by atoms with E-state index in [1.165, 1.54) is 0 Å². The fourth-order valence-corrected chi connectivity index (χ4v) is 0. The second-order valence-corrected chi connectivity index (χ2v) is 22.1. The van der Waals surface area contributed by atoms with Crippen molar-refractivity contribution >= 4 is 95.7 Å². The Kier molecular flexibility index (Phi) is 28.7. The van der Waals surface area contributed by atoms with Crippen molar-refractivity contribution in [2.45, 2.75) is 0 Å². The van der Waals surface area contributed by atoms with Gasteiger partial charge in [-0.3, -0.25) is 0 Å². The molecule has 0 aliphatic heterocycles. The van der Waals surface area contributed by atoms with Crippen molar-refractivity contribution in [2.75, 3.05) is 13.3 Å². The van der Waals surface area contributed by atoms with Gasteiger partial charge in [0.05, 0.1) is 0 Å². The maximum absolute atomic E-state index is 3.34. The van der Waals surface area contributed by atoms with E-state index in [4.69, 9.17) is 0 Å². The molecule has 0 bridgehead atoms. The fourth-order valence-electron chi connectivity index (χ4n) is 0. The van der Waals surface area contributed by atoms with Crippen LogP contribution >= 0.6 is 72.6 Å². The monoisotopic (exact) mass is 434 g/mol. The summed E-state index contributed by atoms with van der Waals surface area (Å²) in [5, 5.41) is 0. The maximum atomic E-state index is 3.34. The van der Waals surface area contributed by atoms with Crippen LogP contribution in [-0.4, -0.2) is 36.4 Å². The molecule has 0 saturated carbocycles. The molecule has 0 aliphatic rings. The Morgan fingerprint density at radius 1 is 1.00 bits per heavy atom. The van der Waals surface area contributed by atoms with Crippen molar-refractivity contribution in [3.63, 3.8) is 0 Å². The quantitative estimate of drug-likeness (QED) is 0.357. The summed E-state index contributed by atoms with van der Waals surface area (Å²) in [7, 11) is 0. The van der Waals surface area contributed by atoms with Crippen molar-refractivity contribution in [1.29, 1.82) is 0 Å². The van der Waals surface area contributed by atoms with Gasteiger partial charge in [0, 0.05) is 0 Å². The third-order valence-electron chi connectivity index (χ3n) is 0. The van der Waals surface area contributed by atoms with Gasteiger partial charge in [0.2, 0.25) is 0 Å². The van der Waals surface area contributed by atoms with Crippen LogP contribution in [-0.2, 0) is 0 Å². The Morgan fingerprint density at radius 2 is 1.00 bits per heavy atom. The zero-order valence-electron chi connectivity index (χ0n) is 7.11. The molecule has 9 heavy (non-hydrogen) atoms. The number of hydrogen-bond donors (Lipinski definition) is 0. The zero-order valence-corrected chi connectivity index (χ0v) is 14.7. The van der Waals surface area contributed by atoms with Crippen LogP contribution in [0, 0.1) is 0 Å². The Hall–Kier alpha value is 3.55. The summed E-state index contributed by atoms with van der Waals surface area (Å²) in [5.41, 5.74) is 0. The van der Waals surface area contributed by atoms with Crippen LogP contribution < -0.4 is 0 Å². The molecule has 0 aromatic carbocycles. The van der Waals surface area contributed by atoms with E-state index in [-0.39, 0.29) is 36.6 Å². The van der Waals surface area contributed by atoms with Gasteiger partial charge in [0.25, 0.3) is 0 Å². The van der Waals surface area contributed by atoms with Crippen molar-refractivity contribution < 1.29 is 2.85 Å². The predicted molar refractivity (Wildman–Crippen MR) is 69.4 cm³/mol. The molecule has 56 valence electrons. The first-order chi connectivity index (χ1) is 3.46. The maximum Gasteiger partial charge on any atom is 2.00 e. The van der Waals surface area contributed by atoms with Crippen molar-refractivity contribution in [3.05, 3.63) is 0 Å². The first kappa shape index (κ1) is 18.4. The third kappa shape index (κ3) is 83.7. The third-order valence-corrected chi connectivity index (χ3v) is 0. The van der Waals surface area contributed by atoms with E-state index in [1.807, 2.05) is 0 Å². The molecule has 0 aromatic rings. The molecule has 0 N–H and O–H groups in total. The van der Waals surface area contributed by atoms with Crippen LogP contribution in [0.3, 0.4) is 0 Å². The first-order valence-electron chi connectivity index (χ1n) is 1.57. The van der Waals surface area contributed by atoms with Gasteiger partial charge < -0.3 is 2.85 Å². The van der Waals surface area contributed by atoms with E-state index in [0.29, 0.717) is 0 Å². The van der Waals surface area contributed by atoms with Crippen molar-refractivity contribution in [1.82, 2.24) is 0 Å². The average Bonchev–Trinajstić information content (AvgIpc) is 1.25. The summed E-state index contributed by atoms with van der Waals surface area (Å²) in [6, 6.07) is 0. The van der Waals surface area contributed by atoms with Gasteiger partial charge in [-0.2, -0.15) is 0 Å². The minimum absolute atomic E-state index is 0. The van der Waals surface area contributed by atoms with Gasteiger partial charge in [-0.1, -0.05) is 15.5 Å². The summed E-state index contributed by atoms with van der Waals surface area (Å²) >= 11 is 12.8. The van der Waals surface area contributed by atoms with Crippen LogP contribution in [0.15, 0.2) is 0 Å². The van der Waals surface area contributed by atoms with Gasteiger partial charge in [-0.25, -0.2) is 0 Å². The van der Waals surface area contributed by atoms with E-state index in [0.717, 1.165) is 0 Å². The standard InChI is InChI=1S/C2H6BrP.Br3P.Mg.2H/c2*1-4(2)3;;;/h1-2H3;;;;/q;;+2;2*-1. The first-order valence-corrected chi connectivity index (χ1v) is 13.2. The summed E-state index contributed by atoms with van der Waals surface area (Å²) in [4.78, 5) is 0. The largest absolute Gasteiger partial charge is 2.00 e. The summed E-state index contributed by atoms with van der Waals surface area (Å²) < 4.78 is -0.183. The Morgan fingerprint density at radius 3 is 1.00 bits per heavy atom. The summed E-state index contributed by atoms with van der Waals surface area (Å²) in [6.07, 6.45) is 0. The van der Waals surface area contributed by atoms with Crippen LogP contribution in [0.2, 0.25) is 0 Å². The molecule has 0 unspecified atom stereocenters. The normalized spacial score (nSPS) is 8.00. The molecule has 0 amide bonds. The van der Waals surface area contributed by atoms with Gasteiger partial charge in [-0.05, 0) is 66.4 Å². The molecule has 0 aromatic heterocycles. The molecule has 0 spiro atoms. The molecule has 0 fully saturated rings. The molecule has 0 radical (unpaired) electrons. The van der Waals surface area contributed by atoms with E-state index >= 15 is 0 Å². The van der Waals surface area contributed by atoms with Gasteiger partial charge >= 0.3 is 23.1 Å². The molecular weight excluding hydrogens is 430 g/mol. The Bertz CT molecular complexity index is 39.6. The van der Waals surface area contributed by atoms with Crippen LogP contribution in [0.5, 0.6) is 0 Å². The topological polar surface area (TPSA) is 0 Å². The second-order valence-electron chi connectivity index (χ2n) is 0.977. The van der Waals surface area contributed by atoms with E-state index in [9.17, 15) is 0 Å². The number of hydrogen-bond acceptors (Lipinski definition) is 0. The Labute approximate surface area is 110 Å². The summed E-state index contributed by atoms with van der Waals surface area (Å²) in [6.45, 7) is 4.49. The molecule has 0 heterocycles. The SMILES string of the molecule is BrP(Br)Br.CP(C)Br.[H-].[H-].[Mg+2]. The molecule has 7 heteroatoms. The zero-order chi connectivity index (χ0) is 7.15. The molecule has 0 atom stereocenters. The molecular formula is C2H8Br4MgP2. The smallest absolute Gasteiger partial charge is 1.00 e. The van der Waals surface area contributed by atoms with Gasteiger partial charge in [-0.15, -0.1) is 0 Å². The van der Waals surface area contributed by atoms with Gasteiger partial charge in [0.1, 0.15) is 4.03 Å². The summed E-state index contributed by atoms with van der Waals surface area (Å²) in [5.74, 6) is 0. The fraction of sp³-hybridized carbons (Fsp3) is 1.00. The van der Waals surface area contributed by atoms with E-state index in [1.54, 1.807) is 0 Å². The average molecular weight is 438 g/mol. The predicted octanol–water partition coefficient (Wildman–Crippen LogP) is 5.28. The molecule has 0 aliphatic carbocycles. The van der Waals surface area contributed by atoms with Crippen LogP contribution in [0.25, 0.3) is 0 Å².